The quantitative estimate of drug-likeness (QED) is 0.693. The summed E-state index contributed by atoms with van der Waals surface area (Å²) in [7, 11) is 1.66. The highest BCUT2D eigenvalue weighted by atomic mass is 16.5. The number of aryl methyl sites for hydroxylation is 2. The predicted molar refractivity (Wildman–Crippen MR) is 72.0 cm³/mol. The summed E-state index contributed by atoms with van der Waals surface area (Å²) < 4.78 is 10.2. The summed E-state index contributed by atoms with van der Waals surface area (Å²) in [6.45, 7) is 7.38. The van der Waals surface area contributed by atoms with Gasteiger partial charge in [0.1, 0.15) is 5.75 Å². The SMILES string of the molecule is COCCOCCNCc1cc(C)c(O)c(C)c1. The first-order chi connectivity index (χ1) is 8.65. The maximum atomic E-state index is 9.67. The summed E-state index contributed by atoms with van der Waals surface area (Å²) in [5.74, 6) is 0.390. The highest BCUT2D eigenvalue weighted by Crippen LogP contribution is 2.22. The molecule has 0 amide bonds. The molecule has 1 aromatic rings. The Morgan fingerprint density at radius 1 is 1.11 bits per heavy atom. The van der Waals surface area contributed by atoms with E-state index in [1.54, 1.807) is 7.11 Å². The van der Waals surface area contributed by atoms with Crippen LogP contribution in [0.25, 0.3) is 0 Å². The Balaban J connectivity index is 2.23. The molecule has 0 aromatic heterocycles. The molecule has 18 heavy (non-hydrogen) atoms. The van der Waals surface area contributed by atoms with Gasteiger partial charge in [-0.3, -0.25) is 0 Å². The van der Waals surface area contributed by atoms with Crippen LogP contribution in [0.2, 0.25) is 0 Å². The Labute approximate surface area is 109 Å². The number of benzene rings is 1. The van der Waals surface area contributed by atoms with Crippen LogP contribution in [0.3, 0.4) is 0 Å². The Morgan fingerprint density at radius 3 is 2.39 bits per heavy atom. The van der Waals surface area contributed by atoms with Crippen LogP contribution in [-0.4, -0.2) is 38.6 Å². The largest absolute Gasteiger partial charge is 0.507 e. The molecule has 0 spiro atoms. The van der Waals surface area contributed by atoms with Crippen LogP contribution in [0.15, 0.2) is 12.1 Å². The van der Waals surface area contributed by atoms with E-state index in [1.807, 2.05) is 26.0 Å². The van der Waals surface area contributed by atoms with Crippen molar-refractivity contribution in [1.82, 2.24) is 5.32 Å². The fourth-order valence-electron chi connectivity index (χ4n) is 1.77. The molecule has 2 N–H and O–H groups in total. The Kier molecular flexibility index (Phi) is 6.72. The van der Waals surface area contributed by atoms with Crippen LogP contribution in [0.4, 0.5) is 0 Å². The molecule has 1 aromatic carbocycles. The van der Waals surface area contributed by atoms with Gasteiger partial charge in [0.2, 0.25) is 0 Å². The molecular formula is C14H23NO3. The number of nitrogens with one attached hydrogen (secondary N) is 1. The van der Waals surface area contributed by atoms with Crippen molar-refractivity contribution in [3.8, 4) is 5.75 Å². The number of phenols is 1. The van der Waals surface area contributed by atoms with Gasteiger partial charge in [-0.25, -0.2) is 0 Å². The van der Waals surface area contributed by atoms with Crippen LogP contribution in [0.5, 0.6) is 5.75 Å². The van der Waals surface area contributed by atoms with Gasteiger partial charge in [-0.15, -0.1) is 0 Å². The number of methoxy groups -OCH3 is 1. The number of rotatable bonds is 8. The topological polar surface area (TPSA) is 50.7 Å². The summed E-state index contributed by atoms with van der Waals surface area (Å²) >= 11 is 0. The molecule has 0 saturated carbocycles. The van der Waals surface area contributed by atoms with Gasteiger partial charge in [-0.05, 0) is 30.5 Å². The van der Waals surface area contributed by atoms with Crippen molar-refractivity contribution >= 4 is 0 Å². The Hall–Kier alpha value is -1.10. The lowest BCUT2D eigenvalue weighted by atomic mass is 10.1. The number of ether oxygens (including phenoxy) is 2. The molecule has 0 aliphatic heterocycles. The number of hydrogen-bond donors (Lipinski definition) is 2. The summed E-state index contributed by atoms with van der Waals surface area (Å²) in [4.78, 5) is 0. The summed E-state index contributed by atoms with van der Waals surface area (Å²) in [6, 6.07) is 4.00. The van der Waals surface area contributed by atoms with E-state index >= 15 is 0 Å². The van der Waals surface area contributed by atoms with Crippen molar-refractivity contribution < 1.29 is 14.6 Å². The van der Waals surface area contributed by atoms with Crippen molar-refractivity contribution in [3.05, 3.63) is 28.8 Å². The van der Waals surface area contributed by atoms with Gasteiger partial charge in [0, 0.05) is 20.2 Å². The molecule has 0 radical (unpaired) electrons. The monoisotopic (exact) mass is 253 g/mol. The minimum absolute atomic E-state index is 0.390. The first-order valence-electron chi connectivity index (χ1n) is 6.21. The Bertz CT molecular complexity index is 343. The third kappa shape index (κ3) is 5.04. The average Bonchev–Trinajstić information content (AvgIpc) is 2.34. The summed E-state index contributed by atoms with van der Waals surface area (Å²) in [5, 5.41) is 13.0. The van der Waals surface area contributed by atoms with Gasteiger partial charge < -0.3 is 19.9 Å². The van der Waals surface area contributed by atoms with E-state index in [0.717, 1.165) is 24.2 Å². The standard InChI is InChI=1S/C14H23NO3/c1-11-8-13(9-12(2)14(11)16)10-15-4-5-18-7-6-17-3/h8-9,15-16H,4-7,10H2,1-3H3. The van der Waals surface area contributed by atoms with Gasteiger partial charge in [-0.2, -0.15) is 0 Å². The smallest absolute Gasteiger partial charge is 0.121 e. The molecule has 0 heterocycles. The number of hydrogen-bond acceptors (Lipinski definition) is 4. The minimum Gasteiger partial charge on any atom is -0.507 e. The zero-order chi connectivity index (χ0) is 13.4. The Morgan fingerprint density at radius 2 is 1.78 bits per heavy atom. The molecule has 0 fully saturated rings. The lowest BCUT2D eigenvalue weighted by Crippen LogP contribution is -2.20. The zero-order valence-corrected chi connectivity index (χ0v) is 11.5. The normalized spacial score (nSPS) is 10.8. The van der Waals surface area contributed by atoms with E-state index in [4.69, 9.17) is 9.47 Å². The molecule has 1 rings (SSSR count). The van der Waals surface area contributed by atoms with Crippen LogP contribution in [-0.2, 0) is 16.0 Å². The van der Waals surface area contributed by atoms with Crippen LogP contribution >= 0.6 is 0 Å². The van der Waals surface area contributed by atoms with E-state index in [0.29, 0.717) is 25.6 Å². The second kappa shape index (κ2) is 8.08. The van der Waals surface area contributed by atoms with Gasteiger partial charge in [-0.1, -0.05) is 12.1 Å². The molecule has 0 saturated heterocycles. The summed E-state index contributed by atoms with van der Waals surface area (Å²) in [5.41, 5.74) is 3.02. The number of phenolic OH excluding ortho intramolecular Hbond substituents is 1. The lowest BCUT2D eigenvalue weighted by Gasteiger charge is -2.09. The molecule has 0 atom stereocenters. The van der Waals surface area contributed by atoms with Gasteiger partial charge in [0.05, 0.1) is 19.8 Å². The predicted octanol–water partition coefficient (Wildman–Crippen LogP) is 1.76. The molecule has 0 bridgehead atoms. The van der Waals surface area contributed by atoms with E-state index in [1.165, 1.54) is 5.56 Å². The van der Waals surface area contributed by atoms with Crippen LogP contribution in [0, 0.1) is 13.8 Å². The molecule has 0 aliphatic carbocycles. The van der Waals surface area contributed by atoms with Crippen molar-refractivity contribution in [3.63, 3.8) is 0 Å². The minimum atomic E-state index is 0.390. The zero-order valence-electron chi connectivity index (χ0n) is 11.5. The van der Waals surface area contributed by atoms with Gasteiger partial charge in [0.25, 0.3) is 0 Å². The molecule has 0 unspecified atom stereocenters. The third-order valence-electron chi connectivity index (χ3n) is 2.73. The maximum absolute atomic E-state index is 9.67. The van der Waals surface area contributed by atoms with E-state index < -0.39 is 0 Å². The molecule has 102 valence electrons. The van der Waals surface area contributed by atoms with E-state index in [9.17, 15) is 5.11 Å². The fourth-order valence-corrected chi connectivity index (χ4v) is 1.77. The van der Waals surface area contributed by atoms with E-state index in [2.05, 4.69) is 5.32 Å². The second-order valence-electron chi connectivity index (χ2n) is 4.36. The number of aromatic hydroxyl groups is 1. The highest BCUT2D eigenvalue weighted by Gasteiger charge is 2.02. The first-order valence-corrected chi connectivity index (χ1v) is 6.21. The van der Waals surface area contributed by atoms with Gasteiger partial charge in [0.15, 0.2) is 0 Å². The first kappa shape index (κ1) is 15.0. The molecule has 4 nitrogen and oxygen atoms in total. The average molecular weight is 253 g/mol. The van der Waals surface area contributed by atoms with Crippen molar-refractivity contribution in [2.24, 2.45) is 0 Å². The van der Waals surface area contributed by atoms with Crippen LogP contribution in [0.1, 0.15) is 16.7 Å². The maximum Gasteiger partial charge on any atom is 0.121 e. The van der Waals surface area contributed by atoms with Crippen molar-refractivity contribution in [2.75, 3.05) is 33.5 Å². The molecule has 0 aliphatic rings. The van der Waals surface area contributed by atoms with Crippen LogP contribution < -0.4 is 5.32 Å². The highest BCUT2D eigenvalue weighted by molar-refractivity contribution is 5.42. The molecule has 4 heteroatoms. The third-order valence-corrected chi connectivity index (χ3v) is 2.73. The van der Waals surface area contributed by atoms with E-state index in [-0.39, 0.29) is 0 Å². The van der Waals surface area contributed by atoms with Crippen molar-refractivity contribution in [2.45, 2.75) is 20.4 Å². The fraction of sp³-hybridized carbons (Fsp3) is 0.571. The van der Waals surface area contributed by atoms with Gasteiger partial charge >= 0.3 is 0 Å². The van der Waals surface area contributed by atoms with Crippen molar-refractivity contribution in [1.29, 1.82) is 0 Å². The molecular weight excluding hydrogens is 230 g/mol. The summed E-state index contributed by atoms with van der Waals surface area (Å²) in [6.07, 6.45) is 0. The lowest BCUT2D eigenvalue weighted by molar-refractivity contribution is 0.0719. The second-order valence-corrected chi connectivity index (χ2v) is 4.36.